The van der Waals surface area contributed by atoms with E-state index in [1.54, 1.807) is 19.3 Å². The second kappa shape index (κ2) is 8.72. The number of nitrogens with zero attached hydrogens (tertiary/aromatic N) is 3. The lowest BCUT2D eigenvalue weighted by Crippen LogP contribution is -2.15. The fourth-order valence-corrected chi connectivity index (χ4v) is 3.57. The van der Waals surface area contributed by atoms with Crippen molar-refractivity contribution in [3.05, 3.63) is 65.0 Å². The molecule has 0 saturated carbocycles. The predicted octanol–water partition coefficient (Wildman–Crippen LogP) is 4.41. The Kier molecular flexibility index (Phi) is 6.10. The number of carbonyl (C=O) groups excluding carboxylic acids is 1. The number of hydrogen-bond acceptors (Lipinski definition) is 4. The smallest absolute Gasteiger partial charge is 0.267 e. The van der Waals surface area contributed by atoms with E-state index in [1.165, 1.54) is 0 Å². The van der Waals surface area contributed by atoms with Gasteiger partial charge in [0.05, 0.1) is 18.2 Å². The van der Waals surface area contributed by atoms with E-state index >= 15 is 0 Å². The highest BCUT2D eigenvalue weighted by Crippen LogP contribution is 2.23. The zero-order valence-corrected chi connectivity index (χ0v) is 17.1. The third-order valence-electron chi connectivity index (χ3n) is 4.88. The van der Waals surface area contributed by atoms with E-state index in [0.29, 0.717) is 12.4 Å². The van der Waals surface area contributed by atoms with Crippen molar-refractivity contribution in [1.82, 2.24) is 9.55 Å². The molecule has 6 heteroatoms. The molecule has 6 nitrogen and oxygen atoms in total. The molecule has 2 heterocycles. The highest BCUT2D eigenvalue weighted by Gasteiger charge is 2.16. The second-order valence-electron chi connectivity index (χ2n) is 7.01. The van der Waals surface area contributed by atoms with Crippen molar-refractivity contribution in [2.75, 3.05) is 19.0 Å². The van der Waals surface area contributed by atoms with Gasteiger partial charge in [-0.2, -0.15) is 5.26 Å². The summed E-state index contributed by atoms with van der Waals surface area (Å²) < 4.78 is 7.40. The van der Waals surface area contributed by atoms with Crippen LogP contribution in [0.2, 0.25) is 0 Å². The quantitative estimate of drug-likeness (QED) is 0.501. The van der Waals surface area contributed by atoms with Crippen molar-refractivity contribution in [1.29, 1.82) is 5.26 Å². The second-order valence-corrected chi connectivity index (χ2v) is 7.01. The Labute approximate surface area is 170 Å². The number of nitriles is 1. The summed E-state index contributed by atoms with van der Waals surface area (Å²) in [7, 11) is 1.67. The number of fused-ring (bicyclic) bond motifs is 1. The summed E-state index contributed by atoms with van der Waals surface area (Å²) >= 11 is 0. The molecule has 148 valence electrons. The van der Waals surface area contributed by atoms with Gasteiger partial charge in [0.15, 0.2) is 0 Å². The van der Waals surface area contributed by atoms with Crippen molar-refractivity contribution in [3.63, 3.8) is 0 Å². The number of aromatic nitrogens is 2. The first-order valence-corrected chi connectivity index (χ1v) is 9.41. The molecular weight excluding hydrogens is 364 g/mol. The number of para-hydroxylation sites is 1. The van der Waals surface area contributed by atoms with Gasteiger partial charge in [-0.15, -0.1) is 0 Å². The molecule has 0 aliphatic carbocycles. The Balaban J connectivity index is 1.86. The van der Waals surface area contributed by atoms with Crippen LogP contribution in [0.15, 0.2) is 48.0 Å². The van der Waals surface area contributed by atoms with Gasteiger partial charge in [0, 0.05) is 23.9 Å². The first-order valence-electron chi connectivity index (χ1n) is 9.41. The van der Waals surface area contributed by atoms with Crippen LogP contribution in [-0.4, -0.2) is 29.2 Å². The number of anilines is 1. The largest absolute Gasteiger partial charge is 0.383 e. The van der Waals surface area contributed by atoms with Crippen molar-refractivity contribution in [3.8, 4) is 6.07 Å². The minimum atomic E-state index is -0.481. The third-order valence-corrected chi connectivity index (χ3v) is 4.88. The lowest BCUT2D eigenvalue weighted by molar-refractivity contribution is -0.112. The average molecular weight is 388 g/mol. The summed E-state index contributed by atoms with van der Waals surface area (Å²) in [5, 5.41) is 13.2. The lowest BCUT2D eigenvalue weighted by atomic mass is 10.1. The van der Waals surface area contributed by atoms with Crippen LogP contribution in [0.3, 0.4) is 0 Å². The van der Waals surface area contributed by atoms with Crippen LogP contribution < -0.4 is 5.32 Å². The van der Waals surface area contributed by atoms with E-state index in [2.05, 4.69) is 21.8 Å². The SMILES string of the molecule is COCC(C)n1c(C)cc(/C=C(/C#N)C(=O)Nc2ccc3ccccc3n2)c1C. The molecule has 1 N–H and O–H groups in total. The molecule has 0 saturated heterocycles. The van der Waals surface area contributed by atoms with Gasteiger partial charge in [0.25, 0.3) is 5.91 Å². The molecule has 1 amide bonds. The van der Waals surface area contributed by atoms with Crippen LogP contribution in [0.25, 0.3) is 17.0 Å². The average Bonchev–Trinajstić information content (AvgIpc) is 2.99. The standard InChI is InChI=1S/C23H24N4O2/c1-15-11-19(17(3)27(15)16(2)14-29-4)12-20(13-24)23(28)26-22-10-9-18-7-5-6-8-21(18)25-22/h5-12,16H,14H2,1-4H3,(H,25,26,28)/b20-12-. The number of aryl methyl sites for hydroxylation is 1. The van der Waals surface area contributed by atoms with E-state index < -0.39 is 5.91 Å². The van der Waals surface area contributed by atoms with Gasteiger partial charge < -0.3 is 14.6 Å². The van der Waals surface area contributed by atoms with Crippen molar-refractivity contribution >= 4 is 28.7 Å². The van der Waals surface area contributed by atoms with E-state index in [-0.39, 0.29) is 11.6 Å². The summed E-state index contributed by atoms with van der Waals surface area (Å²) in [6, 6.07) is 15.4. The molecule has 1 aromatic carbocycles. The van der Waals surface area contributed by atoms with Gasteiger partial charge in [0.2, 0.25) is 0 Å². The fraction of sp³-hybridized carbons (Fsp3) is 0.261. The maximum absolute atomic E-state index is 12.7. The molecule has 0 bridgehead atoms. The van der Waals surface area contributed by atoms with Gasteiger partial charge >= 0.3 is 0 Å². The Morgan fingerprint density at radius 3 is 2.79 bits per heavy atom. The predicted molar refractivity (Wildman–Crippen MR) is 114 cm³/mol. The Hall–Kier alpha value is -3.43. The van der Waals surface area contributed by atoms with Crippen LogP contribution in [-0.2, 0) is 9.53 Å². The van der Waals surface area contributed by atoms with Gasteiger partial charge in [0.1, 0.15) is 17.5 Å². The van der Waals surface area contributed by atoms with E-state index in [4.69, 9.17) is 4.74 Å². The van der Waals surface area contributed by atoms with Crippen LogP contribution in [0.1, 0.15) is 29.9 Å². The number of nitrogens with one attached hydrogen (secondary N) is 1. The van der Waals surface area contributed by atoms with Gasteiger partial charge in [-0.1, -0.05) is 18.2 Å². The first kappa shape index (κ1) is 20.3. The maximum Gasteiger partial charge on any atom is 0.267 e. The summed E-state index contributed by atoms with van der Waals surface area (Å²) in [6.45, 7) is 6.63. The van der Waals surface area contributed by atoms with Gasteiger partial charge in [-0.25, -0.2) is 4.98 Å². The number of hydrogen-bond donors (Lipinski definition) is 1. The molecular formula is C23H24N4O2. The van der Waals surface area contributed by atoms with E-state index in [1.807, 2.05) is 56.3 Å². The van der Waals surface area contributed by atoms with Gasteiger partial charge in [-0.3, -0.25) is 4.79 Å². The summed E-state index contributed by atoms with van der Waals surface area (Å²) in [4.78, 5) is 17.1. The molecule has 3 aromatic rings. The Morgan fingerprint density at radius 1 is 1.31 bits per heavy atom. The zero-order valence-electron chi connectivity index (χ0n) is 17.1. The zero-order chi connectivity index (χ0) is 21.0. The molecule has 0 spiro atoms. The van der Waals surface area contributed by atoms with Gasteiger partial charge in [-0.05, 0) is 56.7 Å². The third kappa shape index (κ3) is 4.36. The topological polar surface area (TPSA) is 79.9 Å². The number of carbonyl (C=O) groups is 1. The monoisotopic (exact) mass is 388 g/mol. The van der Waals surface area contributed by atoms with Crippen molar-refractivity contribution in [2.24, 2.45) is 0 Å². The fourth-order valence-electron chi connectivity index (χ4n) is 3.57. The highest BCUT2D eigenvalue weighted by molar-refractivity contribution is 6.09. The molecule has 3 rings (SSSR count). The number of rotatable bonds is 6. The first-order chi connectivity index (χ1) is 13.9. The minimum Gasteiger partial charge on any atom is -0.383 e. The molecule has 2 aromatic heterocycles. The normalized spacial score (nSPS) is 12.6. The summed E-state index contributed by atoms with van der Waals surface area (Å²) in [5.41, 5.74) is 3.68. The Morgan fingerprint density at radius 2 is 2.07 bits per heavy atom. The number of amides is 1. The van der Waals surface area contributed by atoms with E-state index in [0.717, 1.165) is 27.9 Å². The molecule has 1 unspecified atom stereocenters. The van der Waals surface area contributed by atoms with E-state index in [9.17, 15) is 10.1 Å². The maximum atomic E-state index is 12.7. The van der Waals surface area contributed by atoms with Crippen molar-refractivity contribution < 1.29 is 9.53 Å². The van der Waals surface area contributed by atoms with Crippen LogP contribution in [0.4, 0.5) is 5.82 Å². The summed E-state index contributed by atoms with van der Waals surface area (Å²) in [5.74, 6) is -0.0703. The molecule has 0 aliphatic rings. The minimum absolute atomic E-state index is 0.0274. The van der Waals surface area contributed by atoms with Crippen LogP contribution >= 0.6 is 0 Å². The molecule has 0 radical (unpaired) electrons. The lowest BCUT2D eigenvalue weighted by Gasteiger charge is -2.17. The van der Waals surface area contributed by atoms with Crippen LogP contribution in [0, 0.1) is 25.2 Å². The molecule has 29 heavy (non-hydrogen) atoms. The number of pyridine rings is 1. The molecule has 1 atom stereocenters. The number of ether oxygens (including phenoxy) is 1. The number of methoxy groups -OCH3 is 1. The van der Waals surface area contributed by atoms with Crippen molar-refractivity contribution in [2.45, 2.75) is 26.8 Å². The summed E-state index contributed by atoms with van der Waals surface area (Å²) in [6.07, 6.45) is 1.62. The number of benzene rings is 1. The molecule has 0 fully saturated rings. The van der Waals surface area contributed by atoms with Crippen LogP contribution in [0.5, 0.6) is 0 Å². The highest BCUT2D eigenvalue weighted by atomic mass is 16.5. The molecule has 0 aliphatic heterocycles. The Bertz CT molecular complexity index is 1120.